The molecule has 0 saturated heterocycles. The van der Waals surface area contributed by atoms with E-state index in [1.807, 2.05) is 44.2 Å². The van der Waals surface area contributed by atoms with Crippen molar-refractivity contribution in [3.8, 4) is 0 Å². The Bertz CT molecular complexity index is 680. The summed E-state index contributed by atoms with van der Waals surface area (Å²) < 4.78 is 6.83. The Hall–Kier alpha value is -2.63. The van der Waals surface area contributed by atoms with E-state index in [9.17, 15) is 9.59 Å². The van der Waals surface area contributed by atoms with Crippen molar-refractivity contribution in [1.29, 1.82) is 0 Å². The fourth-order valence-corrected chi connectivity index (χ4v) is 2.34. The Morgan fingerprint density at radius 2 is 1.92 bits per heavy atom. The number of hydrogen-bond acceptors (Lipinski definition) is 4. The highest BCUT2D eigenvalue weighted by Gasteiger charge is 2.25. The lowest BCUT2D eigenvalue weighted by Gasteiger charge is -2.19. The maximum atomic E-state index is 12.4. The molecule has 1 amide bonds. The van der Waals surface area contributed by atoms with Crippen LogP contribution in [0.25, 0.3) is 0 Å². The lowest BCUT2D eigenvalue weighted by Crippen LogP contribution is -2.43. The van der Waals surface area contributed by atoms with E-state index < -0.39 is 12.0 Å². The molecule has 0 saturated carbocycles. The van der Waals surface area contributed by atoms with E-state index in [4.69, 9.17) is 4.74 Å². The number of benzene rings is 1. The molecule has 1 N–H and O–H groups in total. The molecule has 0 spiro atoms. The first-order chi connectivity index (χ1) is 11.5. The predicted molar refractivity (Wildman–Crippen MR) is 90.2 cm³/mol. The lowest BCUT2D eigenvalue weighted by molar-refractivity contribution is -0.147. The van der Waals surface area contributed by atoms with Gasteiger partial charge in [-0.1, -0.05) is 44.2 Å². The fraction of sp³-hybridized carbons (Fsp3) is 0.389. The van der Waals surface area contributed by atoms with Gasteiger partial charge in [-0.2, -0.15) is 5.10 Å². The molecule has 0 radical (unpaired) electrons. The number of hydrogen-bond donors (Lipinski definition) is 1. The quantitative estimate of drug-likeness (QED) is 0.791. The van der Waals surface area contributed by atoms with Crippen LogP contribution in [0.3, 0.4) is 0 Å². The van der Waals surface area contributed by atoms with Crippen LogP contribution in [0.1, 0.15) is 36.3 Å². The number of carbonyl (C=O) groups excluding carboxylic acids is 2. The third-order valence-corrected chi connectivity index (χ3v) is 3.57. The number of aromatic nitrogens is 2. The van der Waals surface area contributed by atoms with Crippen LogP contribution in [0.5, 0.6) is 0 Å². The lowest BCUT2D eigenvalue weighted by atomic mass is 10.0. The summed E-state index contributed by atoms with van der Waals surface area (Å²) >= 11 is 0. The Morgan fingerprint density at radius 1 is 1.21 bits per heavy atom. The molecule has 1 aromatic carbocycles. The number of aryl methyl sites for hydroxylation is 1. The van der Waals surface area contributed by atoms with Crippen LogP contribution in [-0.4, -0.2) is 27.7 Å². The van der Waals surface area contributed by atoms with Crippen LogP contribution in [0.4, 0.5) is 0 Å². The van der Waals surface area contributed by atoms with Gasteiger partial charge in [0.05, 0.1) is 0 Å². The fourth-order valence-electron chi connectivity index (χ4n) is 2.34. The highest BCUT2D eigenvalue weighted by atomic mass is 16.5. The first-order valence-electron chi connectivity index (χ1n) is 7.96. The van der Waals surface area contributed by atoms with E-state index in [0.717, 1.165) is 5.56 Å². The molecule has 128 valence electrons. The molecule has 1 heterocycles. The summed E-state index contributed by atoms with van der Waals surface area (Å²) in [6.45, 7) is 4.18. The van der Waals surface area contributed by atoms with Crippen LogP contribution in [0.2, 0.25) is 0 Å². The van der Waals surface area contributed by atoms with Crippen molar-refractivity contribution >= 4 is 11.9 Å². The molecule has 6 nitrogen and oxygen atoms in total. The highest BCUT2D eigenvalue weighted by Crippen LogP contribution is 2.10. The topological polar surface area (TPSA) is 73.2 Å². The van der Waals surface area contributed by atoms with E-state index >= 15 is 0 Å². The average Bonchev–Trinajstić information content (AvgIpc) is 2.98. The Balaban J connectivity index is 2.00. The van der Waals surface area contributed by atoms with E-state index in [2.05, 4.69) is 10.4 Å². The van der Waals surface area contributed by atoms with Crippen LogP contribution in [0.15, 0.2) is 42.6 Å². The minimum absolute atomic E-state index is 0.190. The van der Waals surface area contributed by atoms with Crippen molar-refractivity contribution in [1.82, 2.24) is 15.1 Å². The summed E-state index contributed by atoms with van der Waals surface area (Å²) in [6.07, 6.45) is 2.05. The highest BCUT2D eigenvalue weighted by molar-refractivity contribution is 5.95. The molecule has 24 heavy (non-hydrogen) atoms. The van der Waals surface area contributed by atoms with E-state index in [1.54, 1.807) is 19.3 Å². The van der Waals surface area contributed by atoms with Gasteiger partial charge in [0.1, 0.15) is 18.3 Å². The van der Waals surface area contributed by atoms with Gasteiger partial charge in [0, 0.05) is 13.2 Å². The van der Waals surface area contributed by atoms with Crippen molar-refractivity contribution < 1.29 is 14.3 Å². The second-order valence-electron chi connectivity index (χ2n) is 6.09. The summed E-state index contributed by atoms with van der Waals surface area (Å²) in [5.41, 5.74) is 1.31. The van der Waals surface area contributed by atoms with Gasteiger partial charge in [0.2, 0.25) is 0 Å². The van der Waals surface area contributed by atoms with Crippen molar-refractivity contribution in [2.75, 3.05) is 0 Å². The molecule has 6 heteroatoms. The first kappa shape index (κ1) is 17.7. The van der Waals surface area contributed by atoms with Crippen molar-refractivity contribution in [2.24, 2.45) is 13.0 Å². The third-order valence-electron chi connectivity index (χ3n) is 3.57. The van der Waals surface area contributed by atoms with Gasteiger partial charge in [-0.05, 0) is 24.0 Å². The molecule has 0 unspecified atom stereocenters. The minimum atomic E-state index is -0.684. The predicted octanol–water partition coefficient (Wildman–Crippen LogP) is 2.31. The maximum absolute atomic E-state index is 12.4. The zero-order valence-corrected chi connectivity index (χ0v) is 14.2. The Morgan fingerprint density at radius 3 is 2.50 bits per heavy atom. The molecule has 0 fully saturated rings. The molecule has 0 aliphatic heterocycles. The molecule has 0 aliphatic carbocycles. The van der Waals surface area contributed by atoms with Crippen LogP contribution < -0.4 is 5.32 Å². The molecular formula is C18H23N3O3. The molecule has 0 aliphatic rings. The van der Waals surface area contributed by atoms with Crippen LogP contribution in [-0.2, 0) is 23.2 Å². The SMILES string of the molecule is CC(C)C[C@H](NC(=O)c1ccnn1C)C(=O)OCc1ccccc1. The second-order valence-corrected chi connectivity index (χ2v) is 6.09. The number of nitrogens with one attached hydrogen (secondary N) is 1. The summed E-state index contributed by atoms with van der Waals surface area (Å²) in [5.74, 6) is -0.522. The monoisotopic (exact) mass is 329 g/mol. The van der Waals surface area contributed by atoms with Gasteiger partial charge in [-0.15, -0.1) is 0 Å². The summed E-state index contributed by atoms with van der Waals surface area (Å²) in [7, 11) is 1.68. The zero-order chi connectivity index (χ0) is 17.5. The Labute approximate surface area is 141 Å². The van der Waals surface area contributed by atoms with E-state index in [-0.39, 0.29) is 18.4 Å². The number of amides is 1. The standard InChI is InChI=1S/C18H23N3O3/c1-13(2)11-15(20-17(22)16-9-10-19-21(16)3)18(23)24-12-14-7-5-4-6-8-14/h4-10,13,15H,11-12H2,1-3H3,(H,20,22)/t15-/m0/s1. The van der Waals surface area contributed by atoms with Gasteiger partial charge in [0.25, 0.3) is 5.91 Å². The second kappa shape index (κ2) is 8.29. The first-order valence-corrected chi connectivity index (χ1v) is 7.96. The maximum Gasteiger partial charge on any atom is 0.328 e. The van der Waals surface area contributed by atoms with Gasteiger partial charge in [0.15, 0.2) is 0 Å². The summed E-state index contributed by atoms with van der Waals surface area (Å²) in [5, 5.41) is 6.72. The van der Waals surface area contributed by atoms with Crippen molar-refractivity contribution in [3.63, 3.8) is 0 Å². The van der Waals surface area contributed by atoms with Gasteiger partial charge in [-0.3, -0.25) is 9.48 Å². The number of carbonyl (C=O) groups is 2. The average molecular weight is 329 g/mol. The molecule has 2 rings (SSSR count). The van der Waals surface area contributed by atoms with Crippen LogP contribution in [0, 0.1) is 5.92 Å². The normalized spacial score (nSPS) is 12.0. The van der Waals surface area contributed by atoms with Gasteiger partial charge in [-0.25, -0.2) is 4.79 Å². The molecule has 0 bridgehead atoms. The molecule has 1 aromatic heterocycles. The van der Waals surface area contributed by atoms with Gasteiger partial charge < -0.3 is 10.1 Å². The largest absolute Gasteiger partial charge is 0.459 e. The number of esters is 1. The number of ether oxygens (including phenoxy) is 1. The zero-order valence-electron chi connectivity index (χ0n) is 14.2. The van der Waals surface area contributed by atoms with Gasteiger partial charge >= 0.3 is 5.97 Å². The number of nitrogens with zero attached hydrogens (tertiary/aromatic N) is 2. The van der Waals surface area contributed by atoms with Crippen molar-refractivity contribution in [2.45, 2.75) is 32.9 Å². The molecular weight excluding hydrogens is 306 g/mol. The number of rotatable bonds is 7. The molecule has 1 atom stereocenters. The Kier molecular flexibility index (Phi) is 6.12. The van der Waals surface area contributed by atoms with Crippen LogP contribution >= 0.6 is 0 Å². The smallest absolute Gasteiger partial charge is 0.328 e. The molecule has 2 aromatic rings. The van der Waals surface area contributed by atoms with E-state index in [0.29, 0.717) is 12.1 Å². The third kappa shape index (κ3) is 4.94. The minimum Gasteiger partial charge on any atom is -0.459 e. The van der Waals surface area contributed by atoms with E-state index in [1.165, 1.54) is 4.68 Å². The summed E-state index contributed by atoms with van der Waals surface area (Å²) in [6, 6.07) is 10.4. The summed E-state index contributed by atoms with van der Waals surface area (Å²) in [4.78, 5) is 24.7. The van der Waals surface area contributed by atoms with Crippen molar-refractivity contribution in [3.05, 3.63) is 53.9 Å².